The smallest absolute Gasteiger partial charge is 0.226 e. The number of anilines is 2. The molecule has 1 aliphatic rings. The molecule has 1 aromatic rings. The summed E-state index contributed by atoms with van der Waals surface area (Å²) in [4.78, 5) is 11.7. The molecule has 1 fully saturated rings. The standard InChI is InChI=1S/C18H28N2O/c1-4-14-7-5-6-8-17(14)19-15-9-11-16(12-10-15)20-18(21)13(2)3/h9-14,17,19H,4-8H2,1-3H3,(H,20,21). The molecule has 2 rings (SSSR count). The number of rotatable bonds is 5. The van der Waals surface area contributed by atoms with E-state index in [1.807, 2.05) is 26.0 Å². The van der Waals surface area contributed by atoms with E-state index < -0.39 is 0 Å². The van der Waals surface area contributed by atoms with Crippen LogP contribution in [0.15, 0.2) is 24.3 Å². The van der Waals surface area contributed by atoms with Crippen molar-refractivity contribution in [3.8, 4) is 0 Å². The molecule has 2 atom stereocenters. The van der Waals surface area contributed by atoms with E-state index in [9.17, 15) is 4.79 Å². The monoisotopic (exact) mass is 288 g/mol. The molecule has 3 nitrogen and oxygen atoms in total. The Morgan fingerprint density at radius 2 is 1.76 bits per heavy atom. The summed E-state index contributed by atoms with van der Waals surface area (Å²) in [6, 6.07) is 8.69. The fraction of sp³-hybridized carbons (Fsp3) is 0.611. The maximum Gasteiger partial charge on any atom is 0.226 e. The van der Waals surface area contributed by atoms with Gasteiger partial charge < -0.3 is 10.6 Å². The molecule has 0 heterocycles. The van der Waals surface area contributed by atoms with E-state index in [4.69, 9.17) is 0 Å². The van der Waals surface area contributed by atoms with E-state index in [0.717, 1.165) is 17.3 Å². The van der Waals surface area contributed by atoms with E-state index in [1.165, 1.54) is 32.1 Å². The number of carbonyl (C=O) groups is 1. The van der Waals surface area contributed by atoms with Crippen LogP contribution >= 0.6 is 0 Å². The van der Waals surface area contributed by atoms with Crippen molar-refractivity contribution in [3.05, 3.63) is 24.3 Å². The molecule has 1 saturated carbocycles. The minimum atomic E-state index is 0.00959. The molecule has 21 heavy (non-hydrogen) atoms. The highest BCUT2D eigenvalue weighted by Gasteiger charge is 2.23. The number of benzene rings is 1. The predicted molar refractivity (Wildman–Crippen MR) is 89.6 cm³/mol. The lowest BCUT2D eigenvalue weighted by atomic mass is 9.83. The van der Waals surface area contributed by atoms with E-state index >= 15 is 0 Å². The third-order valence-electron chi connectivity index (χ3n) is 4.46. The summed E-state index contributed by atoms with van der Waals surface area (Å²) in [6.07, 6.45) is 6.56. The van der Waals surface area contributed by atoms with Crippen LogP contribution in [-0.2, 0) is 4.79 Å². The summed E-state index contributed by atoms with van der Waals surface area (Å²) < 4.78 is 0. The van der Waals surface area contributed by atoms with Crippen molar-refractivity contribution in [1.29, 1.82) is 0 Å². The highest BCUT2D eigenvalue weighted by molar-refractivity contribution is 5.92. The molecule has 1 amide bonds. The van der Waals surface area contributed by atoms with Crippen LogP contribution in [0.5, 0.6) is 0 Å². The van der Waals surface area contributed by atoms with Crippen molar-refractivity contribution in [3.63, 3.8) is 0 Å². The summed E-state index contributed by atoms with van der Waals surface area (Å²) in [5, 5.41) is 6.60. The van der Waals surface area contributed by atoms with Gasteiger partial charge in [0.05, 0.1) is 0 Å². The second-order valence-corrected chi connectivity index (χ2v) is 6.42. The van der Waals surface area contributed by atoms with Crippen LogP contribution in [0.25, 0.3) is 0 Å². The maximum absolute atomic E-state index is 11.7. The Balaban J connectivity index is 1.94. The molecule has 0 radical (unpaired) electrons. The van der Waals surface area contributed by atoms with Gasteiger partial charge in [-0.3, -0.25) is 4.79 Å². The fourth-order valence-electron chi connectivity index (χ4n) is 3.04. The number of carbonyl (C=O) groups excluding carboxylic acids is 1. The highest BCUT2D eigenvalue weighted by atomic mass is 16.1. The van der Waals surface area contributed by atoms with Gasteiger partial charge in [0, 0.05) is 23.3 Å². The van der Waals surface area contributed by atoms with Crippen molar-refractivity contribution in [1.82, 2.24) is 0 Å². The van der Waals surface area contributed by atoms with Crippen molar-refractivity contribution >= 4 is 17.3 Å². The number of hydrogen-bond donors (Lipinski definition) is 2. The minimum absolute atomic E-state index is 0.00959. The van der Waals surface area contributed by atoms with E-state index in [2.05, 4.69) is 29.7 Å². The average molecular weight is 288 g/mol. The molecular formula is C18H28N2O. The quantitative estimate of drug-likeness (QED) is 0.827. The zero-order valence-electron chi connectivity index (χ0n) is 13.5. The zero-order chi connectivity index (χ0) is 15.2. The molecule has 1 aliphatic carbocycles. The van der Waals surface area contributed by atoms with Crippen molar-refractivity contribution in [2.45, 2.75) is 58.9 Å². The van der Waals surface area contributed by atoms with Crippen LogP contribution in [0.3, 0.4) is 0 Å². The molecule has 1 aromatic carbocycles. The minimum Gasteiger partial charge on any atom is -0.382 e. The molecule has 2 N–H and O–H groups in total. The first kappa shape index (κ1) is 15.9. The molecule has 0 saturated heterocycles. The normalized spacial score (nSPS) is 22.1. The van der Waals surface area contributed by atoms with Gasteiger partial charge in [-0.15, -0.1) is 0 Å². The van der Waals surface area contributed by atoms with Crippen LogP contribution in [0.1, 0.15) is 52.9 Å². The van der Waals surface area contributed by atoms with Gasteiger partial charge in [-0.2, -0.15) is 0 Å². The fourth-order valence-corrected chi connectivity index (χ4v) is 3.04. The van der Waals surface area contributed by atoms with Gasteiger partial charge in [0.1, 0.15) is 0 Å². The van der Waals surface area contributed by atoms with Crippen molar-refractivity contribution < 1.29 is 4.79 Å². The van der Waals surface area contributed by atoms with Crippen LogP contribution in [0, 0.1) is 11.8 Å². The second kappa shape index (κ2) is 7.48. The van der Waals surface area contributed by atoms with Gasteiger partial charge in [-0.1, -0.05) is 40.0 Å². The maximum atomic E-state index is 11.7. The molecule has 3 heteroatoms. The molecule has 116 valence electrons. The molecule has 2 unspecified atom stereocenters. The van der Waals surface area contributed by atoms with E-state index in [0.29, 0.717) is 6.04 Å². The topological polar surface area (TPSA) is 41.1 Å². The molecule has 0 aromatic heterocycles. The molecule has 0 aliphatic heterocycles. The molecule has 0 spiro atoms. The summed E-state index contributed by atoms with van der Waals surface area (Å²) in [5.41, 5.74) is 2.03. The van der Waals surface area contributed by atoms with E-state index in [1.54, 1.807) is 0 Å². The van der Waals surface area contributed by atoms with Crippen LogP contribution in [-0.4, -0.2) is 11.9 Å². The summed E-state index contributed by atoms with van der Waals surface area (Å²) in [7, 11) is 0. The number of hydrogen-bond acceptors (Lipinski definition) is 2. The number of nitrogens with one attached hydrogen (secondary N) is 2. The summed E-state index contributed by atoms with van der Waals surface area (Å²) in [5.74, 6) is 0.864. The lowest BCUT2D eigenvalue weighted by Gasteiger charge is -2.32. The summed E-state index contributed by atoms with van der Waals surface area (Å²) in [6.45, 7) is 6.09. The predicted octanol–water partition coefficient (Wildman–Crippen LogP) is 4.66. The Morgan fingerprint density at radius 1 is 1.14 bits per heavy atom. The largest absolute Gasteiger partial charge is 0.382 e. The van der Waals surface area contributed by atoms with Gasteiger partial charge in [-0.05, 0) is 43.0 Å². The Hall–Kier alpha value is -1.51. The van der Waals surface area contributed by atoms with Gasteiger partial charge in [0.2, 0.25) is 5.91 Å². The van der Waals surface area contributed by atoms with Gasteiger partial charge in [0.25, 0.3) is 0 Å². The van der Waals surface area contributed by atoms with Gasteiger partial charge in [-0.25, -0.2) is 0 Å². The Bertz CT molecular complexity index is 453. The van der Waals surface area contributed by atoms with Gasteiger partial charge >= 0.3 is 0 Å². The third kappa shape index (κ3) is 4.48. The SMILES string of the molecule is CCC1CCCCC1Nc1ccc(NC(=O)C(C)C)cc1. The van der Waals surface area contributed by atoms with Crippen molar-refractivity contribution in [2.24, 2.45) is 11.8 Å². The Kier molecular flexibility index (Phi) is 5.66. The number of amides is 1. The van der Waals surface area contributed by atoms with Crippen molar-refractivity contribution in [2.75, 3.05) is 10.6 Å². The Labute approximate surface area is 128 Å². The highest BCUT2D eigenvalue weighted by Crippen LogP contribution is 2.29. The third-order valence-corrected chi connectivity index (χ3v) is 4.46. The first-order valence-electron chi connectivity index (χ1n) is 8.27. The zero-order valence-corrected chi connectivity index (χ0v) is 13.5. The van der Waals surface area contributed by atoms with Gasteiger partial charge in [0.15, 0.2) is 0 Å². The lowest BCUT2D eigenvalue weighted by molar-refractivity contribution is -0.118. The second-order valence-electron chi connectivity index (χ2n) is 6.42. The van der Waals surface area contributed by atoms with Crippen LogP contribution in [0.2, 0.25) is 0 Å². The molecule has 0 bridgehead atoms. The molecular weight excluding hydrogens is 260 g/mol. The summed E-state index contributed by atoms with van der Waals surface area (Å²) >= 11 is 0. The average Bonchev–Trinajstić information content (AvgIpc) is 2.49. The first-order valence-corrected chi connectivity index (χ1v) is 8.27. The van der Waals surface area contributed by atoms with Crippen LogP contribution in [0.4, 0.5) is 11.4 Å². The lowest BCUT2D eigenvalue weighted by Crippen LogP contribution is -2.31. The first-order chi connectivity index (χ1) is 10.1. The van der Waals surface area contributed by atoms with E-state index in [-0.39, 0.29) is 11.8 Å². The van der Waals surface area contributed by atoms with Crippen LogP contribution < -0.4 is 10.6 Å². The Morgan fingerprint density at radius 3 is 2.38 bits per heavy atom.